The number of nitrogens with zero attached hydrogens (tertiary/aromatic N) is 1. The van der Waals surface area contributed by atoms with Crippen molar-refractivity contribution in [1.82, 2.24) is 0 Å². The van der Waals surface area contributed by atoms with E-state index in [0.717, 1.165) is 37.4 Å². The van der Waals surface area contributed by atoms with Gasteiger partial charge in [0, 0.05) is 10.8 Å². The molecule has 1 aromatic heterocycles. The Kier molecular flexibility index (Phi) is 4.27. The minimum absolute atomic E-state index is 0.0514. The summed E-state index contributed by atoms with van der Waals surface area (Å²) in [5, 5.41) is 13.1. The molecule has 0 saturated carbocycles. The lowest BCUT2D eigenvalue weighted by Gasteiger charge is -2.27. The number of hydrogen-bond acceptors (Lipinski definition) is 3. The summed E-state index contributed by atoms with van der Waals surface area (Å²) in [4.78, 5) is 14.9. The summed E-state index contributed by atoms with van der Waals surface area (Å²) in [5.74, 6) is 0.761. The number of nitrogens with one attached hydrogen (secondary N) is 2. The fraction of sp³-hybridized carbons (Fsp3) is 0.625. The maximum Gasteiger partial charge on any atom is 0.280 e. The van der Waals surface area contributed by atoms with Crippen LogP contribution < -0.4 is 10.2 Å². The molecule has 0 spiro atoms. The molecule has 1 saturated heterocycles. The number of anilines is 1. The summed E-state index contributed by atoms with van der Waals surface area (Å²) in [6.07, 6.45) is 5.67. The van der Waals surface area contributed by atoms with Gasteiger partial charge in [-0.05, 0) is 37.7 Å². The number of aryl methyl sites for hydroxylation is 1. The number of fused-ring (bicyclic) bond motifs is 1. The zero-order chi connectivity index (χ0) is 14.8. The third-order valence-electron chi connectivity index (χ3n) is 4.56. The molecular weight excluding hydrogens is 282 g/mol. The van der Waals surface area contributed by atoms with Gasteiger partial charge in [0.05, 0.1) is 18.7 Å². The number of carbonyl (C=O) groups excluding carboxylic acids is 1. The molecule has 0 aromatic carbocycles. The average molecular weight is 304 g/mol. The highest BCUT2D eigenvalue weighted by Crippen LogP contribution is 2.38. The van der Waals surface area contributed by atoms with Gasteiger partial charge in [0.1, 0.15) is 11.1 Å². The number of amides is 1. The molecule has 1 unspecified atom stereocenters. The van der Waals surface area contributed by atoms with Gasteiger partial charge < -0.3 is 10.2 Å². The van der Waals surface area contributed by atoms with Gasteiger partial charge in [-0.2, -0.15) is 5.26 Å². The van der Waals surface area contributed by atoms with Gasteiger partial charge in [-0.25, -0.2) is 0 Å². The van der Waals surface area contributed by atoms with Gasteiger partial charge in [0.25, 0.3) is 5.91 Å². The molecule has 2 heterocycles. The molecule has 1 amide bonds. The highest BCUT2D eigenvalue weighted by atomic mass is 32.1. The van der Waals surface area contributed by atoms with E-state index in [0.29, 0.717) is 18.0 Å². The van der Waals surface area contributed by atoms with E-state index in [4.69, 9.17) is 0 Å². The van der Waals surface area contributed by atoms with Crippen LogP contribution in [0.5, 0.6) is 0 Å². The van der Waals surface area contributed by atoms with Crippen LogP contribution in [0.25, 0.3) is 0 Å². The number of carbonyl (C=O) groups is 1. The van der Waals surface area contributed by atoms with E-state index in [1.165, 1.54) is 28.2 Å². The molecule has 0 radical (unpaired) electrons. The molecular formula is C16H22N3OS+. The van der Waals surface area contributed by atoms with Gasteiger partial charge in [-0.15, -0.1) is 11.3 Å². The van der Waals surface area contributed by atoms with E-state index in [1.54, 1.807) is 11.3 Å². The molecule has 2 N–H and O–H groups in total. The standard InChI is InChI=1S/C16H21N3OS/c1-11-4-3-7-19(9-11)10-15(20)18-16-13(8-17)12-5-2-6-14(12)21-16/h11H,2-7,9-10H2,1H3,(H,18,20)/p+1/t11-/m0/s1. The predicted molar refractivity (Wildman–Crippen MR) is 83.7 cm³/mol. The molecule has 2 atom stereocenters. The van der Waals surface area contributed by atoms with Crippen molar-refractivity contribution in [2.24, 2.45) is 5.92 Å². The normalized spacial score (nSPS) is 24.4. The minimum atomic E-state index is 0.0514. The molecule has 1 aliphatic heterocycles. The van der Waals surface area contributed by atoms with Gasteiger partial charge >= 0.3 is 0 Å². The Balaban J connectivity index is 1.64. The maximum absolute atomic E-state index is 12.2. The van der Waals surface area contributed by atoms with E-state index in [1.807, 2.05) is 0 Å². The molecule has 1 aromatic rings. The highest BCUT2D eigenvalue weighted by Gasteiger charge is 2.25. The second kappa shape index (κ2) is 6.17. The Morgan fingerprint density at radius 1 is 1.48 bits per heavy atom. The van der Waals surface area contributed by atoms with Gasteiger partial charge in [-0.1, -0.05) is 6.92 Å². The average Bonchev–Trinajstić information content (AvgIpc) is 2.98. The number of rotatable bonds is 3. The van der Waals surface area contributed by atoms with Crippen LogP contribution in [0.4, 0.5) is 5.00 Å². The van der Waals surface area contributed by atoms with Crippen LogP contribution in [-0.4, -0.2) is 25.5 Å². The van der Waals surface area contributed by atoms with Crippen molar-refractivity contribution >= 4 is 22.2 Å². The maximum atomic E-state index is 12.2. The van der Waals surface area contributed by atoms with Crippen molar-refractivity contribution in [3.05, 3.63) is 16.0 Å². The molecule has 5 heteroatoms. The zero-order valence-electron chi connectivity index (χ0n) is 12.5. The third kappa shape index (κ3) is 3.12. The van der Waals surface area contributed by atoms with E-state index in [2.05, 4.69) is 18.3 Å². The minimum Gasteiger partial charge on any atom is -0.327 e. The van der Waals surface area contributed by atoms with Crippen LogP contribution in [0.3, 0.4) is 0 Å². The Labute approximate surface area is 129 Å². The molecule has 3 rings (SSSR count). The Hall–Kier alpha value is -1.38. The van der Waals surface area contributed by atoms with E-state index >= 15 is 0 Å². The summed E-state index contributed by atoms with van der Waals surface area (Å²) in [7, 11) is 0. The van der Waals surface area contributed by atoms with Crippen LogP contribution in [0, 0.1) is 17.2 Å². The molecule has 0 bridgehead atoms. The number of thiophene rings is 1. The quantitative estimate of drug-likeness (QED) is 0.886. The fourth-order valence-electron chi connectivity index (χ4n) is 3.57. The monoisotopic (exact) mass is 304 g/mol. The summed E-state index contributed by atoms with van der Waals surface area (Å²) < 4.78 is 0. The number of likely N-dealkylation sites (tertiary alicyclic amines) is 1. The molecule has 1 fully saturated rings. The summed E-state index contributed by atoms with van der Waals surface area (Å²) in [5.41, 5.74) is 1.89. The lowest BCUT2D eigenvalue weighted by atomic mass is 10.0. The van der Waals surface area contributed by atoms with Crippen molar-refractivity contribution in [2.75, 3.05) is 25.0 Å². The Morgan fingerprint density at radius 3 is 3.10 bits per heavy atom. The Morgan fingerprint density at radius 2 is 2.33 bits per heavy atom. The van der Waals surface area contributed by atoms with Gasteiger partial charge in [0.2, 0.25) is 0 Å². The Bertz CT molecular complexity index is 587. The molecule has 4 nitrogen and oxygen atoms in total. The van der Waals surface area contributed by atoms with E-state index in [9.17, 15) is 10.1 Å². The van der Waals surface area contributed by atoms with E-state index in [-0.39, 0.29) is 5.91 Å². The number of piperidine rings is 1. The van der Waals surface area contributed by atoms with Crippen molar-refractivity contribution in [1.29, 1.82) is 5.26 Å². The first-order valence-electron chi connectivity index (χ1n) is 7.85. The molecule has 112 valence electrons. The lowest BCUT2D eigenvalue weighted by molar-refractivity contribution is -0.900. The van der Waals surface area contributed by atoms with Crippen LogP contribution in [0.1, 0.15) is 42.2 Å². The number of quaternary nitrogens is 1. The first-order valence-corrected chi connectivity index (χ1v) is 8.67. The second-order valence-corrected chi connectivity index (χ2v) is 7.45. The smallest absolute Gasteiger partial charge is 0.280 e. The number of nitriles is 1. The zero-order valence-corrected chi connectivity index (χ0v) is 13.3. The van der Waals surface area contributed by atoms with Crippen molar-refractivity contribution < 1.29 is 9.69 Å². The van der Waals surface area contributed by atoms with E-state index < -0.39 is 0 Å². The number of hydrogen-bond donors (Lipinski definition) is 2. The summed E-state index contributed by atoms with van der Waals surface area (Å²) >= 11 is 1.60. The van der Waals surface area contributed by atoms with Crippen LogP contribution in [0.15, 0.2) is 0 Å². The van der Waals surface area contributed by atoms with Gasteiger partial charge in [-0.3, -0.25) is 4.79 Å². The first-order chi connectivity index (χ1) is 10.2. The van der Waals surface area contributed by atoms with Crippen LogP contribution in [0.2, 0.25) is 0 Å². The lowest BCUT2D eigenvalue weighted by Crippen LogP contribution is -3.14. The SMILES string of the molecule is C[C@H]1CCC[NH+](CC(=O)Nc2sc3c(c2C#N)CCC3)C1. The fourth-order valence-corrected chi connectivity index (χ4v) is 4.82. The topological polar surface area (TPSA) is 57.3 Å². The summed E-state index contributed by atoms with van der Waals surface area (Å²) in [6.45, 7) is 4.95. The summed E-state index contributed by atoms with van der Waals surface area (Å²) in [6, 6.07) is 2.28. The van der Waals surface area contributed by atoms with Crippen LogP contribution in [-0.2, 0) is 17.6 Å². The first kappa shape index (κ1) is 14.6. The van der Waals surface area contributed by atoms with Crippen molar-refractivity contribution in [3.63, 3.8) is 0 Å². The molecule has 2 aliphatic rings. The van der Waals surface area contributed by atoms with Gasteiger partial charge in [0.15, 0.2) is 6.54 Å². The molecule has 1 aliphatic carbocycles. The second-order valence-electron chi connectivity index (χ2n) is 6.35. The molecule has 21 heavy (non-hydrogen) atoms. The third-order valence-corrected chi connectivity index (χ3v) is 5.77. The van der Waals surface area contributed by atoms with Crippen molar-refractivity contribution in [3.8, 4) is 6.07 Å². The van der Waals surface area contributed by atoms with Crippen LogP contribution >= 0.6 is 11.3 Å². The highest BCUT2D eigenvalue weighted by molar-refractivity contribution is 7.16. The largest absolute Gasteiger partial charge is 0.327 e. The van der Waals surface area contributed by atoms with Crippen molar-refractivity contribution in [2.45, 2.75) is 39.0 Å². The predicted octanol–water partition coefficient (Wildman–Crippen LogP) is 1.36.